The maximum absolute atomic E-state index is 5.71. The van der Waals surface area contributed by atoms with Gasteiger partial charge in [0.05, 0.1) is 0 Å². The van der Waals surface area contributed by atoms with Crippen LogP contribution in [0.2, 0.25) is 0 Å². The molecule has 13 heavy (non-hydrogen) atoms. The Kier molecular flexibility index (Phi) is 3.18. The number of benzene rings is 1. The molecule has 2 heteroatoms. The molecule has 0 aliphatic rings. The summed E-state index contributed by atoms with van der Waals surface area (Å²) in [5.41, 5.74) is 9.03. The van der Waals surface area contributed by atoms with Crippen LogP contribution in [-0.2, 0) is 6.42 Å². The molecular formula is C11H18N2. The molecule has 72 valence electrons. The maximum atomic E-state index is 5.71. The van der Waals surface area contributed by atoms with Crippen LogP contribution in [-0.4, -0.2) is 6.04 Å². The van der Waals surface area contributed by atoms with Gasteiger partial charge in [-0.2, -0.15) is 0 Å². The molecule has 0 atom stereocenters. The van der Waals surface area contributed by atoms with E-state index < -0.39 is 0 Å². The Morgan fingerprint density at radius 1 is 1.38 bits per heavy atom. The molecule has 1 rings (SSSR count). The average Bonchev–Trinajstić information content (AvgIpc) is 2.07. The van der Waals surface area contributed by atoms with Crippen molar-refractivity contribution in [2.24, 2.45) is 0 Å². The minimum Gasteiger partial charge on any atom is -0.399 e. The standard InChI is InChI=1S/C11H18N2/c1-4-9-7-10(12)5-6-11(9)13-8(2)3/h5-8,13H,4,12H2,1-3H3. The van der Waals surface area contributed by atoms with E-state index in [1.807, 2.05) is 18.2 Å². The van der Waals surface area contributed by atoms with Gasteiger partial charge < -0.3 is 11.1 Å². The van der Waals surface area contributed by atoms with E-state index in [4.69, 9.17) is 5.73 Å². The summed E-state index contributed by atoms with van der Waals surface area (Å²) < 4.78 is 0. The Hall–Kier alpha value is -1.18. The normalized spacial score (nSPS) is 10.5. The van der Waals surface area contributed by atoms with Crippen molar-refractivity contribution in [2.45, 2.75) is 33.2 Å². The number of anilines is 2. The van der Waals surface area contributed by atoms with Crippen LogP contribution in [0, 0.1) is 0 Å². The second kappa shape index (κ2) is 4.17. The molecule has 2 nitrogen and oxygen atoms in total. The fourth-order valence-corrected chi connectivity index (χ4v) is 1.36. The Labute approximate surface area is 80.1 Å². The summed E-state index contributed by atoms with van der Waals surface area (Å²) in [5.74, 6) is 0. The SMILES string of the molecule is CCc1cc(N)ccc1NC(C)C. The number of nitrogens with two attached hydrogens (primary N) is 1. The molecule has 0 fully saturated rings. The third-order valence-electron chi connectivity index (χ3n) is 1.95. The Balaban J connectivity index is 2.92. The predicted molar refractivity (Wildman–Crippen MR) is 59.0 cm³/mol. The largest absolute Gasteiger partial charge is 0.399 e. The van der Waals surface area contributed by atoms with E-state index in [9.17, 15) is 0 Å². The van der Waals surface area contributed by atoms with Crippen LogP contribution in [0.15, 0.2) is 18.2 Å². The highest BCUT2D eigenvalue weighted by Gasteiger charge is 2.01. The third-order valence-corrected chi connectivity index (χ3v) is 1.95. The molecule has 0 radical (unpaired) electrons. The van der Waals surface area contributed by atoms with Crippen molar-refractivity contribution in [3.8, 4) is 0 Å². The number of hydrogen-bond acceptors (Lipinski definition) is 2. The summed E-state index contributed by atoms with van der Waals surface area (Å²) in [4.78, 5) is 0. The first kappa shape index (κ1) is 9.90. The topological polar surface area (TPSA) is 38.0 Å². The first-order valence-corrected chi connectivity index (χ1v) is 4.78. The van der Waals surface area contributed by atoms with E-state index in [-0.39, 0.29) is 0 Å². The van der Waals surface area contributed by atoms with Crippen molar-refractivity contribution in [1.29, 1.82) is 0 Å². The second-order valence-electron chi connectivity index (χ2n) is 3.57. The van der Waals surface area contributed by atoms with Gasteiger partial charge in [0.15, 0.2) is 0 Å². The molecule has 1 aromatic carbocycles. The van der Waals surface area contributed by atoms with Gasteiger partial charge >= 0.3 is 0 Å². The number of rotatable bonds is 3. The lowest BCUT2D eigenvalue weighted by Gasteiger charge is -2.14. The van der Waals surface area contributed by atoms with Gasteiger partial charge in [-0.3, -0.25) is 0 Å². The fraction of sp³-hybridized carbons (Fsp3) is 0.455. The number of aryl methyl sites for hydroxylation is 1. The van der Waals surface area contributed by atoms with Crippen LogP contribution in [0.1, 0.15) is 26.3 Å². The fourth-order valence-electron chi connectivity index (χ4n) is 1.36. The molecule has 1 aromatic rings. The summed E-state index contributed by atoms with van der Waals surface area (Å²) in [6.07, 6.45) is 1.01. The summed E-state index contributed by atoms with van der Waals surface area (Å²) in [6, 6.07) is 6.48. The summed E-state index contributed by atoms with van der Waals surface area (Å²) >= 11 is 0. The summed E-state index contributed by atoms with van der Waals surface area (Å²) in [7, 11) is 0. The van der Waals surface area contributed by atoms with Gasteiger partial charge in [-0.15, -0.1) is 0 Å². The van der Waals surface area contributed by atoms with Gasteiger partial charge in [0, 0.05) is 17.4 Å². The Morgan fingerprint density at radius 2 is 2.08 bits per heavy atom. The lowest BCUT2D eigenvalue weighted by Crippen LogP contribution is -2.11. The van der Waals surface area contributed by atoms with Gasteiger partial charge in [0.1, 0.15) is 0 Å². The molecule has 0 aliphatic carbocycles. The Bertz CT molecular complexity index is 279. The summed E-state index contributed by atoms with van der Waals surface area (Å²) in [5, 5.41) is 3.40. The zero-order chi connectivity index (χ0) is 9.84. The van der Waals surface area contributed by atoms with E-state index >= 15 is 0 Å². The second-order valence-corrected chi connectivity index (χ2v) is 3.57. The molecule has 0 amide bonds. The van der Waals surface area contributed by atoms with Crippen molar-refractivity contribution in [3.05, 3.63) is 23.8 Å². The van der Waals surface area contributed by atoms with Crippen LogP contribution in [0.3, 0.4) is 0 Å². The van der Waals surface area contributed by atoms with E-state index in [2.05, 4.69) is 26.1 Å². The van der Waals surface area contributed by atoms with Crippen molar-refractivity contribution in [3.63, 3.8) is 0 Å². The van der Waals surface area contributed by atoms with Gasteiger partial charge in [-0.05, 0) is 44.0 Å². The van der Waals surface area contributed by atoms with E-state index in [1.54, 1.807) is 0 Å². The molecule has 0 heterocycles. The van der Waals surface area contributed by atoms with Gasteiger partial charge in [0.2, 0.25) is 0 Å². The number of nitrogen functional groups attached to an aromatic ring is 1. The number of nitrogens with one attached hydrogen (secondary N) is 1. The van der Waals surface area contributed by atoms with Crippen LogP contribution in [0.4, 0.5) is 11.4 Å². The van der Waals surface area contributed by atoms with Crippen LogP contribution < -0.4 is 11.1 Å². The molecular weight excluding hydrogens is 160 g/mol. The minimum atomic E-state index is 0.467. The summed E-state index contributed by atoms with van der Waals surface area (Å²) in [6.45, 7) is 6.41. The highest BCUT2D eigenvalue weighted by Crippen LogP contribution is 2.19. The maximum Gasteiger partial charge on any atom is 0.0376 e. The van der Waals surface area contributed by atoms with E-state index in [0.29, 0.717) is 6.04 Å². The quantitative estimate of drug-likeness (QED) is 0.698. The lowest BCUT2D eigenvalue weighted by atomic mass is 10.1. The third kappa shape index (κ3) is 2.65. The van der Waals surface area contributed by atoms with Gasteiger partial charge in [-0.1, -0.05) is 6.92 Å². The molecule has 3 N–H and O–H groups in total. The molecule has 0 aromatic heterocycles. The van der Waals surface area contributed by atoms with E-state index in [0.717, 1.165) is 12.1 Å². The smallest absolute Gasteiger partial charge is 0.0376 e. The number of hydrogen-bond donors (Lipinski definition) is 2. The first-order valence-electron chi connectivity index (χ1n) is 4.78. The van der Waals surface area contributed by atoms with Gasteiger partial charge in [-0.25, -0.2) is 0 Å². The van der Waals surface area contributed by atoms with Crippen molar-refractivity contribution in [1.82, 2.24) is 0 Å². The first-order chi connectivity index (χ1) is 6.13. The van der Waals surface area contributed by atoms with Crippen LogP contribution >= 0.6 is 0 Å². The van der Waals surface area contributed by atoms with Gasteiger partial charge in [0.25, 0.3) is 0 Å². The monoisotopic (exact) mass is 178 g/mol. The Morgan fingerprint density at radius 3 is 2.62 bits per heavy atom. The average molecular weight is 178 g/mol. The highest BCUT2D eigenvalue weighted by atomic mass is 14.9. The molecule has 0 saturated heterocycles. The van der Waals surface area contributed by atoms with Crippen molar-refractivity contribution < 1.29 is 0 Å². The molecule has 0 bridgehead atoms. The van der Waals surface area contributed by atoms with Crippen molar-refractivity contribution in [2.75, 3.05) is 11.1 Å². The highest BCUT2D eigenvalue weighted by molar-refractivity contribution is 5.58. The van der Waals surface area contributed by atoms with Crippen LogP contribution in [0.25, 0.3) is 0 Å². The predicted octanol–water partition coefficient (Wildman–Crippen LogP) is 2.65. The zero-order valence-electron chi connectivity index (χ0n) is 8.59. The minimum absolute atomic E-state index is 0.467. The zero-order valence-corrected chi connectivity index (χ0v) is 8.59. The van der Waals surface area contributed by atoms with Crippen LogP contribution in [0.5, 0.6) is 0 Å². The van der Waals surface area contributed by atoms with E-state index in [1.165, 1.54) is 11.3 Å². The molecule has 0 spiro atoms. The lowest BCUT2D eigenvalue weighted by molar-refractivity contribution is 0.894. The van der Waals surface area contributed by atoms with Crippen molar-refractivity contribution >= 4 is 11.4 Å². The molecule has 0 unspecified atom stereocenters. The molecule has 0 saturated carbocycles. The molecule has 0 aliphatic heterocycles.